The molecule has 24 heavy (non-hydrogen) atoms. The Kier molecular flexibility index (Phi) is 5.98. The molecule has 0 aliphatic rings. The third-order valence-electron chi connectivity index (χ3n) is 3.76. The molecule has 1 atom stereocenters. The second-order valence-electron chi connectivity index (χ2n) is 5.66. The van der Waals surface area contributed by atoms with E-state index in [1.165, 1.54) is 25.3 Å². The monoisotopic (exact) mass is 371 g/mol. The van der Waals surface area contributed by atoms with E-state index in [4.69, 9.17) is 16.3 Å². The maximum Gasteiger partial charge on any atom is 0.215 e. The van der Waals surface area contributed by atoms with Gasteiger partial charge in [-0.05, 0) is 42.3 Å². The van der Waals surface area contributed by atoms with Gasteiger partial charge in [0.1, 0.15) is 11.4 Å². The van der Waals surface area contributed by atoms with Gasteiger partial charge < -0.3 is 4.74 Å². The van der Waals surface area contributed by atoms with Crippen LogP contribution in [0.2, 0.25) is 5.02 Å². The summed E-state index contributed by atoms with van der Waals surface area (Å²) in [4.78, 5) is 0. The van der Waals surface area contributed by atoms with Crippen LogP contribution in [0.3, 0.4) is 0 Å². The number of benzene rings is 2. The number of rotatable bonds is 7. The summed E-state index contributed by atoms with van der Waals surface area (Å²) in [5.41, 5.74) is 0.259. The zero-order valence-corrected chi connectivity index (χ0v) is 15.0. The van der Waals surface area contributed by atoms with E-state index in [0.29, 0.717) is 10.6 Å². The Labute approximate surface area is 146 Å². The molecule has 0 radical (unpaired) electrons. The lowest BCUT2D eigenvalue weighted by Crippen LogP contribution is -2.40. The molecule has 2 aromatic carbocycles. The summed E-state index contributed by atoms with van der Waals surface area (Å²) < 4.78 is 45.7. The predicted molar refractivity (Wildman–Crippen MR) is 92.8 cm³/mol. The van der Waals surface area contributed by atoms with Crippen molar-refractivity contribution in [2.24, 2.45) is 0 Å². The molecule has 0 aliphatic heterocycles. The summed E-state index contributed by atoms with van der Waals surface area (Å²) in [6, 6.07) is 12.6. The van der Waals surface area contributed by atoms with Crippen molar-refractivity contribution >= 4 is 21.6 Å². The average molecular weight is 372 g/mol. The highest BCUT2D eigenvalue weighted by atomic mass is 35.5. The number of ether oxygens (including phenoxy) is 1. The summed E-state index contributed by atoms with van der Waals surface area (Å²) in [6.07, 6.45) is 0. The van der Waals surface area contributed by atoms with Gasteiger partial charge in [0, 0.05) is 18.7 Å². The lowest BCUT2D eigenvalue weighted by atomic mass is 9.96. The van der Waals surface area contributed by atoms with Gasteiger partial charge in [0.25, 0.3) is 0 Å². The van der Waals surface area contributed by atoms with Crippen molar-refractivity contribution in [3.63, 3.8) is 0 Å². The second kappa shape index (κ2) is 7.61. The van der Waals surface area contributed by atoms with Crippen molar-refractivity contribution in [2.75, 3.05) is 13.7 Å². The minimum atomic E-state index is -3.64. The first-order chi connectivity index (χ1) is 11.2. The van der Waals surface area contributed by atoms with Crippen molar-refractivity contribution < 1.29 is 17.5 Å². The van der Waals surface area contributed by atoms with E-state index in [0.717, 1.165) is 5.56 Å². The molecule has 0 fully saturated rings. The number of sulfonamides is 1. The van der Waals surface area contributed by atoms with Gasteiger partial charge in [0.2, 0.25) is 10.0 Å². The van der Waals surface area contributed by atoms with Crippen LogP contribution in [0.1, 0.15) is 18.1 Å². The van der Waals surface area contributed by atoms with Crippen LogP contribution >= 0.6 is 11.6 Å². The highest BCUT2D eigenvalue weighted by molar-refractivity contribution is 7.88. The van der Waals surface area contributed by atoms with Crippen LogP contribution in [0.25, 0.3) is 0 Å². The minimum absolute atomic E-state index is 0.0293. The van der Waals surface area contributed by atoms with Gasteiger partial charge in [-0.15, -0.1) is 0 Å². The molecule has 0 aromatic heterocycles. The zero-order chi connectivity index (χ0) is 17.8. The Morgan fingerprint density at radius 2 is 1.92 bits per heavy atom. The molecule has 0 amide bonds. The summed E-state index contributed by atoms with van der Waals surface area (Å²) in [6.45, 7) is 1.80. The third-order valence-corrected chi connectivity index (χ3v) is 5.29. The predicted octanol–water partition coefficient (Wildman–Crippen LogP) is 3.46. The van der Waals surface area contributed by atoms with E-state index in [9.17, 15) is 12.8 Å². The van der Waals surface area contributed by atoms with Gasteiger partial charge in [-0.3, -0.25) is 0 Å². The van der Waals surface area contributed by atoms with Gasteiger partial charge in [-0.2, -0.15) is 0 Å². The number of hydrogen-bond acceptors (Lipinski definition) is 3. The number of methoxy groups -OCH3 is 1. The molecule has 0 heterocycles. The van der Waals surface area contributed by atoms with Crippen LogP contribution in [-0.4, -0.2) is 22.1 Å². The van der Waals surface area contributed by atoms with Crippen molar-refractivity contribution in [3.8, 4) is 0 Å². The Morgan fingerprint density at radius 3 is 2.54 bits per heavy atom. The van der Waals surface area contributed by atoms with Gasteiger partial charge in [0.15, 0.2) is 0 Å². The maximum atomic E-state index is 13.2. The molecule has 2 rings (SSSR count). The standard InChI is InChI=1S/C17H19ClFNO3S/c1-17(23-2,14-6-4-7-15(18)10-14)12-20-24(21,22)11-13-5-3-8-16(19)9-13/h3-10,20H,11-12H2,1-2H3. The fourth-order valence-electron chi connectivity index (χ4n) is 2.25. The summed E-state index contributed by atoms with van der Waals surface area (Å²) >= 11 is 5.99. The molecular weight excluding hydrogens is 353 g/mol. The first-order valence-corrected chi connectivity index (χ1v) is 9.30. The average Bonchev–Trinajstić information content (AvgIpc) is 2.52. The smallest absolute Gasteiger partial charge is 0.215 e. The van der Waals surface area contributed by atoms with Crippen LogP contribution in [0.4, 0.5) is 4.39 Å². The molecule has 1 N–H and O–H groups in total. The van der Waals surface area contributed by atoms with E-state index >= 15 is 0 Å². The van der Waals surface area contributed by atoms with Crippen LogP contribution < -0.4 is 4.72 Å². The Morgan fingerprint density at radius 1 is 1.21 bits per heavy atom. The Balaban J connectivity index is 2.11. The fourth-order valence-corrected chi connectivity index (χ4v) is 3.66. The molecule has 0 bridgehead atoms. The van der Waals surface area contributed by atoms with E-state index in [-0.39, 0.29) is 12.3 Å². The highest BCUT2D eigenvalue weighted by Gasteiger charge is 2.28. The van der Waals surface area contributed by atoms with E-state index in [1.54, 1.807) is 31.2 Å². The molecule has 0 saturated carbocycles. The van der Waals surface area contributed by atoms with Crippen LogP contribution in [-0.2, 0) is 26.1 Å². The molecule has 0 aliphatic carbocycles. The Hall–Kier alpha value is -1.47. The Bertz CT molecular complexity index is 813. The topological polar surface area (TPSA) is 55.4 Å². The molecule has 130 valence electrons. The second-order valence-corrected chi connectivity index (χ2v) is 7.90. The van der Waals surface area contributed by atoms with Crippen molar-refractivity contribution in [1.82, 2.24) is 4.72 Å². The van der Waals surface area contributed by atoms with E-state index in [1.807, 2.05) is 6.07 Å². The molecule has 0 saturated heterocycles. The molecule has 0 spiro atoms. The van der Waals surface area contributed by atoms with Gasteiger partial charge in [-0.1, -0.05) is 35.9 Å². The number of nitrogens with one attached hydrogen (secondary N) is 1. The normalized spacial score (nSPS) is 14.3. The molecule has 4 nitrogen and oxygen atoms in total. The third kappa shape index (κ3) is 5.01. The van der Waals surface area contributed by atoms with Crippen molar-refractivity contribution in [3.05, 3.63) is 70.5 Å². The summed E-state index contributed by atoms with van der Waals surface area (Å²) in [5, 5.41) is 0.540. The first kappa shape index (κ1) is 18.9. The van der Waals surface area contributed by atoms with Gasteiger partial charge in [-0.25, -0.2) is 17.5 Å². The number of hydrogen-bond donors (Lipinski definition) is 1. The lowest BCUT2D eigenvalue weighted by molar-refractivity contribution is 0.00698. The molecule has 7 heteroatoms. The van der Waals surface area contributed by atoms with Crippen LogP contribution in [0.5, 0.6) is 0 Å². The SMILES string of the molecule is COC(C)(CNS(=O)(=O)Cc1cccc(F)c1)c1cccc(Cl)c1. The van der Waals surface area contributed by atoms with E-state index in [2.05, 4.69) is 4.72 Å². The highest BCUT2D eigenvalue weighted by Crippen LogP contribution is 2.26. The van der Waals surface area contributed by atoms with Crippen molar-refractivity contribution in [2.45, 2.75) is 18.3 Å². The largest absolute Gasteiger partial charge is 0.372 e. The van der Waals surface area contributed by atoms with Crippen LogP contribution in [0.15, 0.2) is 48.5 Å². The first-order valence-electron chi connectivity index (χ1n) is 7.27. The lowest BCUT2D eigenvalue weighted by Gasteiger charge is -2.29. The molecule has 2 aromatic rings. The minimum Gasteiger partial charge on any atom is -0.372 e. The molecule has 1 unspecified atom stereocenters. The van der Waals surface area contributed by atoms with Gasteiger partial charge in [0.05, 0.1) is 5.75 Å². The van der Waals surface area contributed by atoms with Crippen molar-refractivity contribution in [1.29, 1.82) is 0 Å². The zero-order valence-electron chi connectivity index (χ0n) is 13.4. The summed E-state index contributed by atoms with van der Waals surface area (Å²) in [7, 11) is -2.14. The molecular formula is C17H19ClFNO3S. The van der Waals surface area contributed by atoms with Gasteiger partial charge >= 0.3 is 0 Å². The van der Waals surface area contributed by atoms with E-state index < -0.39 is 21.4 Å². The quantitative estimate of drug-likeness (QED) is 0.810. The van der Waals surface area contributed by atoms with Crippen LogP contribution in [0, 0.1) is 5.82 Å². The maximum absolute atomic E-state index is 13.2. The summed E-state index contributed by atoms with van der Waals surface area (Å²) in [5.74, 6) is -0.775. The fraction of sp³-hybridized carbons (Fsp3) is 0.294. The number of halogens is 2.